The van der Waals surface area contributed by atoms with Gasteiger partial charge in [-0.1, -0.05) is 5.57 Å². The van der Waals surface area contributed by atoms with Crippen molar-refractivity contribution in [2.45, 2.75) is 31.8 Å². The zero-order chi connectivity index (χ0) is 11.3. The summed E-state index contributed by atoms with van der Waals surface area (Å²) in [5, 5.41) is 10.3. The molecule has 0 unspecified atom stereocenters. The van der Waals surface area contributed by atoms with Gasteiger partial charge in [-0.15, -0.1) is 6.58 Å². The highest BCUT2D eigenvalue weighted by Crippen LogP contribution is 2.21. The maximum Gasteiger partial charge on any atom is 0.0817 e. The Kier molecular flexibility index (Phi) is 4.77. The second-order valence-corrected chi connectivity index (χ2v) is 4.78. The van der Waals surface area contributed by atoms with E-state index in [2.05, 4.69) is 18.5 Å². The van der Waals surface area contributed by atoms with Crippen LogP contribution in [0.15, 0.2) is 12.2 Å². The Morgan fingerprint density at radius 3 is 2.60 bits per heavy atom. The van der Waals surface area contributed by atoms with Crippen molar-refractivity contribution in [2.24, 2.45) is 0 Å². The molecule has 0 aromatic heterocycles. The maximum atomic E-state index is 10.3. The Bertz CT molecular complexity index is 210. The van der Waals surface area contributed by atoms with E-state index in [1.807, 2.05) is 6.92 Å². The van der Waals surface area contributed by atoms with Crippen molar-refractivity contribution < 1.29 is 9.84 Å². The summed E-state index contributed by atoms with van der Waals surface area (Å²) in [7, 11) is 2.05. The molecular weight excluding hydrogens is 190 g/mol. The molecule has 1 aliphatic rings. The lowest BCUT2D eigenvalue weighted by atomic mass is 9.94. The minimum atomic E-state index is -0.540. The van der Waals surface area contributed by atoms with Gasteiger partial charge in [0.25, 0.3) is 0 Å². The molecule has 88 valence electrons. The fourth-order valence-corrected chi connectivity index (χ4v) is 1.87. The molecule has 3 nitrogen and oxygen atoms in total. The Morgan fingerprint density at radius 2 is 2.07 bits per heavy atom. The van der Waals surface area contributed by atoms with Crippen molar-refractivity contribution in [1.82, 2.24) is 4.90 Å². The first kappa shape index (κ1) is 12.7. The van der Waals surface area contributed by atoms with Gasteiger partial charge in [-0.3, -0.25) is 0 Å². The molecule has 0 spiro atoms. The molecule has 1 saturated heterocycles. The fraction of sp³-hybridized carbons (Fsp3) is 0.833. The number of nitrogens with zero attached hydrogens (tertiary/aromatic N) is 1. The molecule has 0 aromatic rings. The molecule has 15 heavy (non-hydrogen) atoms. The highest BCUT2D eigenvalue weighted by molar-refractivity contribution is 4.90. The van der Waals surface area contributed by atoms with E-state index >= 15 is 0 Å². The number of hydrogen-bond acceptors (Lipinski definition) is 3. The van der Waals surface area contributed by atoms with Crippen LogP contribution >= 0.6 is 0 Å². The molecule has 0 aromatic carbocycles. The van der Waals surface area contributed by atoms with Crippen LogP contribution in [-0.2, 0) is 4.74 Å². The Balaban J connectivity index is 2.28. The zero-order valence-electron chi connectivity index (χ0n) is 9.96. The van der Waals surface area contributed by atoms with Gasteiger partial charge >= 0.3 is 0 Å². The zero-order valence-corrected chi connectivity index (χ0v) is 9.96. The second kappa shape index (κ2) is 5.64. The van der Waals surface area contributed by atoms with E-state index in [4.69, 9.17) is 4.74 Å². The summed E-state index contributed by atoms with van der Waals surface area (Å²) in [4.78, 5) is 2.18. The molecular formula is C12H23NO2. The van der Waals surface area contributed by atoms with E-state index < -0.39 is 5.60 Å². The predicted molar refractivity (Wildman–Crippen MR) is 61.9 cm³/mol. The number of ether oxygens (including phenoxy) is 1. The summed E-state index contributed by atoms with van der Waals surface area (Å²) in [5.41, 5.74) is 0.656. The van der Waals surface area contributed by atoms with Gasteiger partial charge in [0.05, 0.1) is 5.60 Å². The highest BCUT2D eigenvalue weighted by atomic mass is 16.5. The van der Waals surface area contributed by atoms with Crippen molar-refractivity contribution in [1.29, 1.82) is 0 Å². The third-order valence-corrected chi connectivity index (χ3v) is 2.91. The largest absolute Gasteiger partial charge is 0.388 e. The van der Waals surface area contributed by atoms with E-state index in [1.54, 1.807) is 0 Å². The first-order chi connectivity index (χ1) is 7.02. The minimum Gasteiger partial charge on any atom is -0.388 e. The molecule has 0 saturated carbocycles. The minimum absolute atomic E-state index is 0.540. The van der Waals surface area contributed by atoms with E-state index in [0.717, 1.165) is 32.4 Å². The molecule has 0 atom stereocenters. The summed E-state index contributed by atoms with van der Waals surface area (Å²) < 4.78 is 5.25. The molecule has 0 radical (unpaired) electrons. The van der Waals surface area contributed by atoms with Crippen LogP contribution in [-0.4, -0.2) is 49.0 Å². The SMILES string of the molecule is C=C(C)CCN(C)CC1(O)CCOCC1. The van der Waals surface area contributed by atoms with Crippen LogP contribution in [0.25, 0.3) is 0 Å². The lowest BCUT2D eigenvalue weighted by Gasteiger charge is -2.35. The van der Waals surface area contributed by atoms with Gasteiger partial charge in [0.2, 0.25) is 0 Å². The van der Waals surface area contributed by atoms with E-state index in [0.29, 0.717) is 13.2 Å². The van der Waals surface area contributed by atoms with Gasteiger partial charge in [-0.05, 0) is 20.4 Å². The van der Waals surface area contributed by atoms with Crippen molar-refractivity contribution in [3.05, 3.63) is 12.2 Å². The van der Waals surface area contributed by atoms with Gasteiger partial charge in [-0.2, -0.15) is 0 Å². The molecule has 1 rings (SSSR count). The van der Waals surface area contributed by atoms with Crippen LogP contribution in [0.1, 0.15) is 26.2 Å². The predicted octanol–water partition coefficient (Wildman–Crippen LogP) is 1.43. The quantitative estimate of drug-likeness (QED) is 0.701. The molecule has 1 heterocycles. The molecule has 3 heteroatoms. The Labute approximate surface area is 92.7 Å². The lowest BCUT2D eigenvalue weighted by Crippen LogP contribution is -2.45. The van der Waals surface area contributed by atoms with Crippen molar-refractivity contribution >= 4 is 0 Å². The monoisotopic (exact) mass is 213 g/mol. The van der Waals surface area contributed by atoms with Gasteiger partial charge in [-0.25, -0.2) is 0 Å². The standard InChI is InChI=1S/C12H23NO2/c1-11(2)4-7-13(3)10-12(14)5-8-15-9-6-12/h14H,1,4-10H2,2-3H3. The van der Waals surface area contributed by atoms with Gasteiger partial charge in [0.1, 0.15) is 0 Å². The Morgan fingerprint density at radius 1 is 1.47 bits per heavy atom. The van der Waals surface area contributed by atoms with Crippen LogP contribution in [0.3, 0.4) is 0 Å². The average Bonchev–Trinajstić information content (AvgIpc) is 2.15. The summed E-state index contributed by atoms with van der Waals surface area (Å²) in [6, 6.07) is 0. The molecule has 0 bridgehead atoms. The van der Waals surface area contributed by atoms with E-state index in [-0.39, 0.29) is 0 Å². The topological polar surface area (TPSA) is 32.7 Å². The first-order valence-corrected chi connectivity index (χ1v) is 5.65. The molecule has 1 N–H and O–H groups in total. The van der Waals surface area contributed by atoms with Crippen LogP contribution in [0.2, 0.25) is 0 Å². The number of likely N-dealkylation sites (N-methyl/N-ethyl adjacent to an activating group) is 1. The fourth-order valence-electron chi connectivity index (χ4n) is 1.87. The van der Waals surface area contributed by atoms with Gasteiger partial charge in [0.15, 0.2) is 0 Å². The van der Waals surface area contributed by atoms with Crippen LogP contribution in [0.4, 0.5) is 0 Å². The summed E-state index contributed by atoms with van der Waals surface area (Å²) in [6.07, 6.45) is 2.51. The first-order valence-electron chi connectivity index (χ1n) is 5.65. The number of hydrogen-bond donors (Lipinski definition) is 1. The third-order valence-electron chi connectivity index (χ3n) is 2.91. The summed E-state index contributed by atoms with van der Waals surface area (Å²) in [6.45, 7) is 9.00. The highest BCUT2D eigenvalue weighted by Gasteiger charge is 2.30. The molecule has 1 aliphatic heterocycles. The van der Waals surface area contributed by atoms with Gasteiger partial charge in [0, 0.05) is 39.1 Å². The van der Waals surface area contributed by atoms with Crippen LogP contribution in [0, 0.1) is 0 Å². The molecule has 1 fully saturated rings. The second-order valence-electron chi connectivity index (χ2n) is 4.78. The summed E-state index contributed by atoms with van der Waals surface area (Å²) >= 11 is 0. The van der Waals surface area contributed by atoms with Crippen molar-refractivity contribution in [3.8, 4) is 0 Å². The Hall–Kier alpha value is -0.380. The van der Waals surface area contributed by atoms with Gasteiger partial charge < -0.3 is 14.7 Å². The molecule has 0 amide bonds. The molecule has 0 aliphatic carbocycles. The summed E-state index contributed by atoms with van der Waals surface area (Å²) in [5.74, 6) is 0. The van der Waals surface area contributed by atoms with Crippen molar-refractivity contribution in [2.75, 3.05) is 33.4 Å². The maximum absolute atomic E-state index is 10.3. The van der Waals surface area contributed by atoms with Crippen molar-refractivity contribution in [3.63, 3.8) is 0 Å². The van der Waals surface area contributed by atoms with Crippen LogP contribution in [0.5, 0.6) is 0 Å². The third kappa shape index (κ3) is 4.78. The number of aliphatic hydroxyl groups is 1. The normalized spacial score (nSPS) is 20.5. The van der Waals surface area contributed by atoms with E-state index in [9.17, 15) is 5.11 Å². The lowest BCUT2D eigenvalue weighted by molar-refractivity contribution is -0.0767. The number of rotatable bonds is 5. The average molecular weight is 213 g/mol. The van der Waals surface area contributed by atoms with Crippen LogP contribution < -0.4 is 0 Å². The smallest absolute Gasteiger partial charge is 0.0817 e. The van der Waals surface area contributed by atoms with E-state index in [1.165, 1.54) is 5.57 Å².